The van der Waals surface area contributed by atoms with E-state index >= 15 is 0 Å². The van der Waals surface area contributed by atoms with Crippen molar-refractivity contribution in [1.82, 2.24) is 9.88 Å². The standard InChI is InChI=1S/C25H22ClN5O4/c1-29-10-12-30(13-11-29)21-8-6-16(14-22(21)31(33)34)24(32)27-19-5-3-2-4-18(19)25-28-20-15-17(26)7-9-23(20)35-25/h2-9,14-15H,10-13H2,1H3,(H,27,32). The highest BCUT2D eigenvalue weighted by atomic mass is 35.5. The van der Waals surface area contributed by atoms with E-state index in [0.29, 0.717) is 52.0 Å². The van der Waals surface area contributed by atoms with Gasteiger partial charge >= 0.3 is 0 Å². The van der Waals surface area contributed by atoms with Crippen LogP contribution in [0.4, 0.5) is 17.1 Å². The van der Waals surface area contributed by atoms with E-state index in [4.69, 9.17) is 16.0 Å². The first-order chi connectivity index (χ1) is 16.9. The maximum Gasteiger partial charge on any atom is 0.293 e. The highest BCUT2D eigenvalue weighted by Crippen LogP contribution is 2.33. The van der Waals surface area contributed by atoms with Gasteiger partial charge in [-0.3, -0.25) is 14.9 Å². The van der Waals surface area contributed by atoms with Gasteiger partial charge in [-0.15, -0.1) is 0 Å². The molecule has 178 valence electrons. The third kappa shape index (κ3) is 4.68. The lowest BCUT2D eigenvalue weighted by molar-refractivity contribution is -0.384. The van der Waals surface area contributed by atoms with Gasteiger partial charge in [-0.25, -0.2) is 4.98 Å². The number of fused-ring (bicyclic) bond motifs is 1. The Morgan fingerprint density at radius 3 is 2.63 bits per heavy atom. The summed E-state index contributed by atoms with van der Waals surface area (Å²) in [5, 5.41) is 15.2. The molecule has 0 unspecified atom stereocenters. The molecule has 2 heterocycles. The van der Waals surface area contributed by atoms with Crippen molar-refractivity contribution < 1.29 is 14.1 Å². The number of hydrogen-bond acceptors (Lipinski definition) is 7. The smallest absolute Gasteiger partial charge is 0.293 e. The average Bonchev–Trinajstić information content (AvgIpc) is 3.27. The fourth-order valence-electron chi connectivity index (χ4n) is 4.11. The first-order valence-corrected chi connectivity index (χ1v) is 11.5. The zero-order chi connectivity index (χ0) is 24.5. The molecule has 0 spiro atoms. The molecule has 3 aromatic carbocycles. The van der Waals surface area contributed by atoms with Gasteiger partial charge in [-0.1, -0.05) is 23.7 Å². The van der Waals surface area contributed by atoms with E-state index in [9.17, 15) is 14.9 Å². The Hall–Kier alpha value is -3.95. The zero-order valence-electron chi connectivity index (χ0n) is 18.9. The Morgan fingerprint density at radius 2 is 1.86 bits per heavy atom. The van der Waals surface area contributed by atoms with Gasteiger partial charge < -0.3 is 19.5 Å². The van der Waals surface area contributed by atoms with Crippen molar-refractivity contribution in [2.45, 2.75) is 0 Å². The number of likely N-dealkylation sites (N-methyl/N-ethyl adjacent to an activating group) is 1. The lowest BCUT2D eigenvalue weighted by Gasteiger charge is -2.33. The van der Waals surface area contributed by atoms with Crippen LogP contribution in [0.2, 0.25) is 5.02 Å². The molecule has 10 heteroatoms. The predicted octanol–water partition coefficient (Wildman–Crippen LogP) is 5.06. The van der Waals surface area contributed by atoms with Crippen LogP contribution in [0.3, 0.4) is 0 Å². The number of aromatic nitrogens is 1. The maximum absolute atomic E-state index is 13.1. The summed E-state index contributed by atoms with van der Waals surface area (Å²) in [6.45, 7) is 3.01. The quantitative estimate of drug-likeness (QED) is 0.307. The number of para-hydroxylation sites is 1. The molecule has 1 amide bonds. The molecule has 9 nitrogen and oxygen atoms in total. The van der Waals surface area contributed by atoms with E-state index < -0.39 is 10.8 Å². The number of rotatable bonds is 5. The number of carbonyl (C=O) groups is 1. The maximum atomic E-state index is 13.1. The van der Waals surface area contributed by atoms with Crippen molar-refractivity contribution in [2.24, 2.45) is 0 Å². The molecule has 1 aliphatic heterocycles. The largest absolute Gasteiger partial charge is 0.436 e. The number of carbonyl (C=O) groups excluding carboxylic acids is 1. The first-order valence-electron chi connectivity index (χ1n) is 11.1. The average molecular weight is 492 g/mol. The second-order valence-electron chi connectivity index (χ2n) is 8.38. The lowest BCUT2D eigenvalue weighted by Crippen LogP contribution is -2.44. The monoisotopic (exact) mass is 491 g/mol. The Labute approximate surface area is 206 Å². The minimum Gasteiger partial charge on any atom is -0.436 e. The molecule has 1 fully saturated rings. The summed E-state index contributed by atoms with van der Waals surface area (Å²) in [7, 11) is 2.02. The second-order valence-corrected chi connectivity index (χ2v) is 8.82. The number of halogens is 1. The molecule has 0 radical (unpaired) electrons. The molecule has 0 bridgehead atoms. The summed E-state index contributed by atoms with van der Waals surface area (Å²) < 4.78 is 5.86. The Bertz CT molecular complexity index is 1430. The second kappa shape index (κ2) is 9.36. The van der Waals surface area contributed by atoms with Gasteiger partial charge in [0.15, 0.2) is 5.58 Å². The van der Waals surface area contributed by atoms with Crippen molar-refractivity contribution >= 4 is 45.7 Å². The predicted molar refractivity (Wildman–Crippen MR) is 135 cm³/mol. The number of nitrogens with one attached hydrogen (secondary N) is 1. The summed E-state index contributed by atoms with van der Waals surface area (Å²) in [6, 6.07) is 16.8. The number of nitro benzene ring substituents is 1. The van der Waals surface area contributed by atoms with Gasteiger partial charge in [0.25, 0.3) is 11.6 Å². The number of nitrogens with zero attached hydrogens (tertiary/aromatic N) is 4. The number of piperazine rings is 1. The SMILES string of the molecule is CN1CCN(c2ccc(C(=O)Nc3ccccc3-c3nc4cc(Cl)ccc4o3)cc2[N+](=O)[O-])CC1. The molecule has 5 rings (SSSR count). The van der Waals surface area contributed by atoms with Crippen LogP contribution in [0.15, 0.2) is 65.1 Å². The third-order valence-corrected chi connectivity index (χ3v) is 6.27. The van der Waals surface area contributed by atoms with Crippen molar-refractivity contribution in [3.8, 4) is 11.5 Å². The van der Waals surface area contributed by atoms with Crippen LogP contribution in [-0.4, -0.2) is 53.9 Å². The van der Waals surface area contributed by atoms with Crippen LogP contribution in [0.5, 0.6) is 0 Å². The van der Waals surface area contributed by atoms with E-state index in [1.165, 1.54) is 6.07 Å². The van der Waals surface area contributed by atoms with Gasteiger partial charge in [0.2, 0.25) is 5.89 Å². The van der Waals surface area contributed by atoms with Crippen LogP contribution in [0, 0.1) is 10.1 Å². The molecule has 1 aliphatic rings. The molecule has 1 aromatic heterocycles. The minimum atomic E-state index is -0.468. The van der Waals surface area contributed by atoms with E-state index in [2.05, 4.69) is 15.2 Å². The number of benzene rings is 3. The molecule has 1 saturated heterocycles. The van der Waals surface area contributed by atoms with Crippen LogP contribution in [-0.2, 0) is 0 Å². The molecular formula is C25H22ClN5O4. The summed E-state index contributed by atoms with van der Waals surface area (Å²) >= 11 is 6.05. The van der Waals surface area contributed by atoms with Gasteiger partial charge in [-0.05, 0) is 49.5 Å². The van der Waals surface area contributed by atoms with Crippen molar-refractivity contribution in [3.63, 3.8) is 0 Å². The lowest BCUT2D eigenvalue weighted by atomic mass is 10.1. The van der Waals surface area contributed by atoms with Gasteiger partial charge in [0, 0.05) is 42.8 Å². The van der Waals surface area contributed by atoms with Crippen molar-refractivity contribution in [2.75, 3.05) is 43.4 Å². The van der Waals surface area contributed by atoms with Crippen molar-refractivity contribution in [3.05, 3.63) is 81.4 Å². The molecule has 0 aliphatic carbocycles. The number of hydrogen-bond donors (Lipinski definition) is 1. The number of amides is 1. The number of anilines is 2. The fourth-order valence-corrected chi connectivity index (χ4v) is 4.28. The summed E-state index contributed by atoms with van der Waals surface area (Å²) in [5.41, 5.74) is 2.84. The van der Waals surface area contributed by atoms with Gasteiger partial charge in [-0.2, -0.15) is 0 Å². The van der Waals surface area contributed by atoms with Gasteiger partial charge in [0.1, 0.15) is 11.2 Å². The molecule has 1 N–H and O–H groups in total. The van der Waals surface area contributed by atoms with Crippen LogP contribution >= 0.6 is 11.6 Å². The Balaban J connectivity index is 1.43. The highest BCUT2D eigenvalue weighted by molar-refractivity contribution is 6.31. The van der Waals surface area contributed by atoms with Crippen LogP contribution in [0.25, 0.3) is 22.6 Å². The summed E-state index contributed by atoms with van der Waals surface area (Å²) in [5.74, 6) is -0.140. The molecule has 35 heavy (non-hydrogen) atoms. The van der Waals surface area contributed by atoms with Crippen LogP contribution < -0.4 is 10.2 Å². The Morgan fingerprint density at radius 1 is 1.09 bits per heavy atom. The summed E-state index contributed by atoms with van der Waals surface area (Å²) in [6.07, 6.45) is 0. The third-order valence-electron chi connectivity index (χ3n) is 6.03. The Kier molecular flexibility index (Phi) is 6.10. The normalized spacial score (nSPS) is 14.3. The zero-order valence-corrected chi connectivity index (χ0v) is 19.7. The molecule has 4 aromatic rings. The van der Waals surface area contributed by atoms with E-state index in [-0.39, 0.29) is 11.3 Å². The van der Waals surface area contributed by atoms with Gasteiger partial charge in [0.05, 0.1) is 16.2 Å². The topological polar surface area (TPSA) is 105 Å². The highest BCUT2D eigenvalue weighted by Gasteiger charge is 2.24. The van der Waals surface area contributed by atoms with E-state index in [0.717, 1.165) is 13.1 Å². The molecule has 0 atom stereocenters. The molecule has 0 saturated carbocycles. The van der Waals surface area contributed by atoms with Crippen molar-refractivity contribution in [1.29, 1.82) is 0 Å². The minimum absolute atomic E-state index is 0.0914. The van der Waals surface area contributed by atoms with Crippen LogP contribution in [0.1, 0.15) is 10.4 Å². The van der Waals surface area contributed by atoms with E-state index in [1.54, 1.807) is 48.5 Å². The first kappa shape index (κ1) is 22.8. The number of oxazole rings is 1. The molecular weight excluding hydrogens is 470 g/mol. The van der Waals surface area contributed by atoms with E-state index in [1.807, 2.05) is 18.0 Å². The fraction of sp³-hybridized carbons (Fsp3) is 0.200. The summed E-state index contributed by atoms with van der Waals surface area (Å²) in [4.78, 5) is 33.1. The number of nitro groups is 1.